The van der Waals surface area contributed by atoms with Gasteiger partial charge in [-0.05, 0) is 43.3 Å². The van der Waals surface area contributed by atoms with Gasteiger partial charge < -0.3 is 9.30 Å². The normalized spacial score (nSPS) is 15.0. The molecular formula is C23H23N3O6S2. The number of hydrogen-bond donors (Lipinski definition) is 0. The third-order valence-electron chi connectivity index (χ3n) is 5.35. The maximum Gasteiger partial charge on any atom is 0.279 e. The average molecular weight is 502 g/mol. The summed E-state index contributed by atoms with van der Waals surface area (Å²) in [4.78, 5) is 43.1. The molecule has 0 bridgehead atoms. The van der Waals surface area contributed by atoms with E-state index in [1.54, 1.807) is 30.3 Å². The third-order valence-corrected chi connectivity index (χ3v) is 7.50. The van der Waals surface area contributed by atoms with Gasteiger partial charge in [-0.15, -0.1) is 0 Å². The van der Waals surface area contributed by atoms with Crippen molar-refractivity contribution in [3.8, 4) is 0 Å². The molecule has 0 spiro atoms. The van der Waals surface area contributed by atoms with Crippen LogP contribution in [0.3, 0.4) is 0 Å². The van der Waals surface area contributed by atoms with E-state index in [2.05, 4.69) is 4.99 Å². The fourth-order valence-electron chi connectivity index (χ4n) is 3.68. The fourth-order valence-corrected chi connectivity index (χ4v) is 5.50. The van der Waals surface area contributed by atoms with E-state index in [9.17, 15) is 22.8 Å². The zero-order chi connectivity index (χ0) is 24.5. The summed E-state index contributed by atoms with van der Waals surface area (Å²) < 4.78 is 31.9. The Bertz CT molecular complexity index is 1450. The van der Waals surface area contributed by atoms with E-state index in [-0.39, 0.29) is 35.1 Å². The highest BCUT2D eigenvalue weighted by Crippen LogP contribution is 2.24. The number of thiazole rings is 1. The molecule has 2 aromatic carbocycles. The first-order valence-corrected chi connectivity index (χ1v) is 13.4. The number of fused-ring (bicyclic) bond motifs is 1. The van der Waals surface area contributed by atoms with Crippen molar-refractivity contribution in [2.75, 3.05) is 24.4 Å². The van der Waals surface area contributed by atoms with E-state index in [0.29, 0.717) is 34.9 Å². The molecule has 1 aromatic heterocycles. The predicted molar refractivity (Wildman–Crippen MR) is 127 cm³/mol. The Morgan fingerprint density at radius 3 is 2.53 bits per heavy atom. The average Bonchev–Trinajstić information content (AvgIpc) is 3.31. The zero-order valence-electron chi connectivity index (χ0n) is 18.7. The quantitative estimate of drug-likeness (QED) is 0.363. The molecule has 9 nitrogen and oxygen atoms in total. The van der Waals surface area contributed by atoms with Crippen LogP contribution in [0.15, 0.2) is 52.4 Å². The van der Waals surface area contributed by atoms with E-state index in [1.807, 2.05) is 11.5 Å². The maximum absolute atomic E-state index is 13.0. The smallest absolute Gasteiger partial charge is 0.279 e. The Morgan fingerprint density at radius 2 is 1.85 bits per heavy atom. The van der Waals surface area contributed by atoms with E-state index in [0.717, 1.165) is 16.7 Å². The number of aromatic nitrogens is 1. The number of hydrogen-bond acceptors (Lipinski definition) is 7. The number of benzene rings is 2. The van der Waals surface area contributed by atoms with Crippen LogP contribution in [0.4, 0.5) is 5.69 Å². The largest absolute Gasteiger partial charge is 0.380 e. The number of sulfone groups is 1. The van der Waals surface area contributed by atoms with E-state index in [4.69, 9.17) is 4.74 Å². The van der Waals surface area contributed by atoms with Gasteiger partial charge >= 0.3 is 0 Å². The maximum atomic E-state index is 13.0. The molecule has 1 saturated heterocycles. The Morgan fingerprint density at radius 1 is 1.12 bits per heavy atom. The highest BCUT2D eigenvalue weighted by molar-refractivity contribution is 7.90. The van der Waals surface area contributed by atoms with Crippen LogP contribution in [0.5, 0.6) is 0 Å². The molecule has 0 radical (unpaired) electrons. The Labute approximate surface area is 200 Å². The van der Waals surface area contributed by atoms with Crippen molar-refractivity contribution < 1.29 is 27.5 Å². The molecule has 0 aliphatic carbocycles. The van der Waals surface area contributed by atoms with E-state index >= 15 is 0 Å². The van der Waals surface area contributed by atoms with Crippen LogP contribution in [-0.4, -0.2) is 50.2 Å². The van der Waals surface area contributed by atoms with Crippen molar-refractivity contribution in [2.24, 2.45) is 4.99 Å². The summed E-state index contributed by atoms with van der Waals surface area (Å²) in [5.41, 5.74) is 1.31. The molecular weight excluding hydrogens is 478 g/mol. The Kier molecular flexibility index (Phi) is 6.78. The van der Waals surface area contributed by atoms with Gasteiger partial charge in [0, 0.05) is 37.8 Å². The molecule has 1 aliphatic heterocycles. The van der Waals surface area contributed by atoms with Crippen molar-refractivity contribution in [1.82, 2.24) is 4.57 Å². The molecule has 1 fully saturated rings. The van der Waals surface area contributed by atoms with E-state index in [1.165, 1.54) is 23.5 Å². The first-order valence-electron chi connectivity index (χ1n) is 10.6. The van der Waals surface area contributed by atoms with Crippen LogP contribution in [-0.2, 0) is 30.7 Å². The standard InChI is InChI=1S/C23H23N3O6S2/c1-3-32-12-11-25-18-8-7-17(34(2,30)31)14-19(18)33-23(25)24-22(29)15-5-4-6-16(13-15)26-20(27)9-10-21(26)28/h4-8,13-14H,3,9-12H2,1-2H3. The molecule has 178 valence electrons. The van der Waals surface area contributed by atoms with Gasteiger partial charge in [0.1, 0.15) is 0 Å². The number of ether oxygens (including phenoxy) is 1. The van der Waals surface area contributed by atoms with Gasteiger partial charge in [0.25, 0.3) is 5.91 Å². The van der Waals surface area contributed by atoms with Gasteiger partial charge in [0.15, 0.2) is 14.6 Å². The van der Waals surface area contributed by atoms with Crippen molar-refractivity contribution in [2.45, 2.75) is 31.2 Å². The second-order valence-electron chi connectivity index (χ2n) is 7.73. The van der Waals surface area contributed by atoms with Crippen LogP contribution < -0.4 is 9.70 Å². The lowest BCUT2D eigenvalue weighted by molar-refractivity contribution is -0.121. The zero-order valence-corrected chi connectivity index (χ0v) is 20.3. The van der Waals surface area contributed by atoms with Crippen LogP contribution in [0, 0.1) is 0 Å². The summed E-state index contributed by atoms with van der Waals surface area (Å²) in [6.07, 6.45) is 1.44. The minimum absolute atomic E-state index is 0.151. The fraction of sp³-hybridized carbons (Fsp3) is 0.304. The minimum Gasteiger partial charge on any atom is -0.380 e. The first kappa shape index (κ1) is 24.0. The highest BCUT2D eigenvalue weighted by Gasteiger charge is 2.30. The van der Waals surface area contributed by atoms with Crippen molar-refractivity contribution in [3.05, 3.63) is 52.8 Å². The first-order chi connectivity index (χ1) is 16.2. The molecule has 34 heavy (non-hydrogen) atoms. The summed E-state index contributed by atoms with van der Waals surface area (Å²) in [6.45, 7) is 3.24. The molecule has 0 saturated carbocycles. The number of rotatable bonds is 7. The van der Waals surface area contributed by atoms with E-state index < -0.39 is 15.7 Å². The molecule has 1 aliphatic rings. The monoisotopic (exact) mass is 501 g/mol. The topological polar surface area (TPSA) is 115 Å². The highest BCUT2D eigenvalue weighted by atomic mass is 32.2. The molecule has 0 unspecified atom stereocenters. The van der Waals surface area contributed by atoms with Crippen LogP contribution in [0.1, 0.15) is 30.1 Å². The molecule has 4 rings (SSSR count). The summed E-state index contributed by atoms with van der Waals surface area (Å²) in [7, 11) is -3.39. The lowest BCUT2D eigenvalue weighted by Crippen LogP contribution is -2.28. The number of carbonyl (C=O) groups excluding carboxylic acids is 3. The second-order valence-corrected chi connectivity index (χ2v) is 10.7. The lowest BCUT2D eigenvalue weighted by atomic mass is 10.2. The third kappa shape index (κ3) is 4.86. The van der Waals surface area contributed by atoms with Crippen molar-refractivity contribution >= 4 is 54.8 Å². The molecule has 0 atom stereocenters. The Hall–Kier alpha value is -3.15. The molecule has 2 heterocycles. The second kappa shape index (κ2) is 9.61. The molecule has 11 heteroatoms. The van der Waals surface area contributed by atoms with Gasteiger partial charge in [-0.1, -0.05) is 17.4 Å². The summed E-state index contributed by atoms with van der Waals surface area (Å²) in [6, 6.07) is 11.0. The van der Waals surface area contributed by atoms with Gasteiger partial charge in [0.05, 0.1) is 27.4 Å². The number of nitrogens with zero attached hydrogens (tertiary/aromatic N) is 3. The molecule has 3 amide bonds. The summed E-state index contributed by atoms with van der Waals surface area (Å²) in [5.74, 6) is -1.14. The number of carbonyl (C=O) groups is 3. The van der Waals surface area contributed by atoms with Gasteiger partial charge in [-0.3, -0.25) is 19.3 Å². The molecule has 3 aromatic rings. The minimum atomic E-state index is -3.39. The van der Waals surface area contributed by atoms with Crippen molar-refractivity contribution in [3.63, 3.8) is 0 Å². The summed E-state index contributed by atoms with van der Waals surface area (Å²) in [5, 5.41) is 0. The summed E-state index contributed by atoms with van der Waals surface area (Å²) >= 11 is 1.20. The van der Waals surface area contributed by atoms with Crippen LogP contribution >= 0.6 is 11.3 Å². The number of imide groups is 1. The van der Waals surface area contributed by atoms with Gasteiger partial charge in [0.2, 0.25) is 11.8 Å². The molecule has 0 N–H and O–H groups in total. The SMILES string of the molecule is CCOCCn1c(=NC(=O)c2cccc(N3C(=O)CCC3=O)c2)sc2cc(S(C)(=O)=O)ccc21. The Balaban J connectivity index is 1.76. The van der Waals surface area contributed by atoms with Gasteiger partial charge in [-0.25, -0.2) is 8.42 Å². The van der Waals surface area contributed by atoms with Crippen LogP contribution in [0.25, 0.3) is 10.2 Å². The van der Waals surface area contributed by atoms with Gasteiger partial charge in [-0.2, -0.15) is 4.99 Å². The number of anilines is 1. The predicted octanol–water partition coefficient (Wildman–Crippen LogP) is 2.54. The van der Waals surface area contributed by atoms with Crippen LogP contribution in [0.2, 0.25) is 0 Å². The number of amides is 3. The lowest BCUT2D eigenvalue weighted by Gasteiger charge is -2.14. The van der Waals surface area contributed by atoms with Crippen molar-refractivity contribution in [1.29, 1.82) is 0 Å².